The molecule has 3 heterocycles. The highest BCUT2D eigenvalue weighted by atomic mass is 19.1. The second-order valence-corrected chi connectivity index (χ2v) is 9.76. The molecule has 0 bridgehead atoms. The summed E-state index contributed by atoms with van der Waals surface area (Å²) in [4.78, 5) is 19.1. The molecule has 2 N–H and O–H groups in total. The maximum absolute atomic E-state index is 15.2. The number of anilines is 2. The van der Waals surface area contributed by atoms with Gasteiger partial charge in [-0.25, -0.2) is 14.2 Å². The van der Waals surface area contributed by atoms with Crippen LogP contribution in [-0.4, -0.2) is 48.5 Å². The third kappa shape index (κ3) is 4.57. The van der Waals surface area contributed by atoms with Gasteiger partial charge in [0.15, 0.2) is 0 Å². The topological polar surface area (TPSA) is 86.9 Å². The fraction of sp³-hybridized carbons (Fsp3) is 0.500. The van der Waals surface area contributed by atoms with Gasteiger partial charge in [0.2, 0.25) is 0 Å². The highest BCUT2D eigenvalue weighted by molar-refractivity contribution is 6.62. The van der Waals surface area contributed by atoms with Gasteiger partial charge in [0.1, 0.15) is 17.7 Å². The lowest BCUT2D eigenvalue weighted by Crippen LogP contribution is -2.41. The van der Waals surface area contributed by atoms with Gasteiger partial charge in [-0.2, -0.15) is 0 Å². The number of hydrogen-bond acceptors (Lipinski definition) is 7. The zero-order valence-electron chi connectivity index (χ0n) is 19.9. The van der Waals surface area contributed by atoms with Gasteiger partial charge < -0.3 is 24.7 Å². The number of nitrogens with two attached hydrogens (primary N) is 1. The number of nitrogen functional groups attached to an aromatic ring is 1. The third-order valence-corrected chi connectivity index (χ3v) is 6.99. The lowest BCUT2D eigenvalue weighted by molar-refractivity contribution is 0.00578. The van der Waals surface area contributed by atoms with Gasteiger partial charge in [-0.05, 0) is 58.4 Å². The molecule has 9 heteroatoms. The van der Waals surface area contributed by atoms with Gasteiger partial charge in [0.05, 0.1) is 28.6 Å². The van der Waals surface area contributed by atoms with Crippen molar-refractivity contribution in [1.82, 2.24) is 4.98 Å². The summed E-state index contributed by atoms with van der Waals surface area (Å²) in [6.07, 6.45) is 2.89. The number of aromatic nitrogens is 1. The molecule has 0 spiro atoms. The molecule has 0 aliphatic carbocycles. The number of pyridine rings is 1. The van der Waals surface area contributed by atoms with Crippen molar-refractivity contribution in [2.24, 2.45) is 0 Å². The van der Waals surface area contributed by atoms with E-state index in [9.17, 15) is 4.79 Å². The predicted molar refractivity (Wildman–Crippen MR) is 126 cm³/mol. The molecule has 33 heavy (non-hydrogen) atoms. The Balaban J connectivity index is 1.40. The zero-order valence-corrected chi connectivity index (χ0v) is 19.9. The lowest BCUT2D eigenvalue weighted by atomic mass is 9.77. The second-order valence-electron chi connectivity index (χ2n) is 9.76. The molecule has 1 aromatic carbocycles. The van der Waals surface area contributed by atoms with Crippen LogP contribution in [0.5, 0.6) is 0 Å². The van der Waals surface area contributed by atoms with E-state index in [1.165, 1.54) is 0 Å². The van der Waals surface area contributed by atoms with Gasteiger partial charge in [0.25, 0.3) is 0 Å². The van der Waals surface area contributed by atoms with Crippen LogP contribution in [0.25, 0.3) is 0 Å². The molecular weight excluding hydrogens is 424 g/mol. The van der Waals surface area contributed by atoms with Crippen LogP contribution in [0, 0.1) is 12.7 Å². The third-order valence-electron chi connectivity index (χ3n) is 6.99. The van der Waals surface area contributed by atoms with E-state index >= 15 is 4.39 Å². The van der Waals surface area contributed by atoms with Crippen molar-refractivity contribution in [2.45, 2.75) is 64.8 Å². The molecule has 0 saturated carbocycles. The number of piperidine rings is 1. The molecule has 2 aliphatic heterocycles. The number of halogens is 1. The predicted octanol–water partition coefficient (Wildman–Crippen LogP) is 3.24. The standard InChI is InChI=1S/C24H31BFN3O4/c1-15-18(7-8-19(21(15)26)25-32-23(2,3)24(4,5)33-25)22(30)31-17-10-12-29(13-11-17)16-6-9-20(27)28-14-16/h6-9,14,17H,10-13H2,1-5H3,(H2,27,28). The Morgan fingerprint density at radius 1 is 1.15 bits per heavy atom. The number of esters is 1. The largest absolute Gasteiger partial charge is 0.497 e. The molecule has 0 unspecified atom stereocenters. The first kappa shape index (κ1) is 23.5. The Labute approximate surface area is 194 Å². The van der Waals surface area contributed by atoms with E-state index in [1.54, 1.807) is 31.3 Å². The van der Waals surface area contributed by atoms with E-state index in [4.69, 9.17) is 19.8 Å². The summed E-state index contributed by atoms with van der Waals surface area (Å²) in [6, 6.07) is 6.85. The number of rotatable bonds is 4. The quantitative estimate of drug-likeness (QED) is 0.560. The monoisotopic (exact) mass is 455 g/mol. The fourth-order valence-electron chi connectivity index (χ4n) is 4.11. The molecule has 0 amide bonds. The van der Waals surface area contributed by atoms with E-state index in [0.29, 0.717) is 18.7 Å². The van der Waals surface area contributed by atoms with Crippen molar-refractivity contribution in [2.75, 3.05) is 23.7 Å². The summed E-state index contributed by atoms with van der Waals surface area (Å²) in [5, 5.41) is 0. The van der Waals surface area contributed by atoms with Crippen molar-refractivity contribution >= 4 is 30.1 Å². The van der Waals surface area contributed by atoms with Crippen LogP contribution in [-0.2, 0) is 14.0 Å². The summed E-state index contributed by atoms with van der Waals surface area (Å²) in [6.45, 7) is 10.7. The number of carbonyl (C=O) groups excluding carboxylic acids is 1. The Morgan fingerprint density at radius 3 is 2.36 bits per heavy atom. The Bertz CT molecular complexity index is 1020. The highest BCUT2D eigenvalue weighted by Gasteiger charge is 2.52. The van der Waals surface area contributed by atoms with E-state index in [2.05, 4.69) is 9.88 Å². The highest BCUT2D eigenvalue weighted by Crippen LogP contribution is 2.37. The molecule has 176 valence electrons. The first-order valence-electron chi connectivity index (χ1n) is 11.3. The van der Waals surface area contributed by atoms with Crippen LogP contribution in [0.15, 0.2) is 30.5 Å². The first-order chi connectivity index (χ1) is 15.5. The van der Waals surface area contributed by atoms with Crippen LogP contribution in [0.1, 0.15) is 56.5 Å². The summed E-state index contributed by atoms with van der Waals surface area (Å²) in [5.41, 5.74) is 6.23. The molecule has 4 rings (SSSR count). The Morgan fingerprint density at radius 2 is 1.79 bits per heavy atom. The van der Waals surface area contributed by atoms with Crippen LogP contribution in [0.3, 0.4) is 0 Å². The molecule has 0 atom stereocenters. The van der Waals surface area contributed by atoms with Crippen molar-refractivity contribution in [3.8, 4) is 0 Å². The van der Waals surface area contributed by atoms with Crippen LogP contribution in [0.4, 0.5) is 15.9 Å². The van der Waals surface area contributed by atoms with Crippen molar-refractivity contribution in [1.29, 1.82) is 0 Å². The van der Waals surface area contributed by atoms with Crippen LogP contribution in [0.2, 0.25) is 0 Å². The molecule has 2 fully saturated rings. The van der Waals surface area contributed by atoms with E-state index in [1.807, 2.05) is 33.8 Å². The SMILES string of the molecule is Cc1c(C(=O)OC2CCN(c3ccc(N)nc3)CC2)ccc(B2OC(C)(C)C(C)(C)O2)c1F. The van der Waals surface area contributed by atoms with E-state index < -0.39 is 30.1 Å². The summed E-state index contributed by atoms with van der Waals surface area (Å²) in [7, 11) is -0.828. The first-order valence-corrected chi connectivity index (χ1v) is 11.3. The summed E-state index contributed by atoms with van der Waals surface area (Å²) in [5.74, 6) is -0.539. The summed E-state index contributed by atoms with van der Waals surface area (Å²) >= 11 is 0. The number of hydrogen-bond donors (Lipinski definition) is 1. The lowest BCUT2D eigenvalue weighted by Gasteiger charge is -2.33. The van der Waals surface area contributed by atoms with Crippen molar-refractivity contribution in [3.05, 3.63) is 47.4 Å². The number of nitrogens with zero attached hydrogens (tertiary/aromatic N) is 2. The van der Waals surface area contributed by atoms with Gasteiger partial charge in [-0.3, -0.25) is 0 Å². The number of carbonyl (C=O) groups is 1. The molecule has 2 saturated heterocycles. The molecular formula is C24H31BFN3O4. The van der Waals surface area contributed by atoms with E-state index in [0.717, 1.165) is 18.8 Å². The molecule has 0 radical (unpaired) electrons. The zero-order chi connectivity index (χ0) is 24.0. The Kier molecular flexibility index (Phi) is 6.13. The minimum atomic E-state index is -0.828. The van der Waals surface area contributed by atoms with Crippen LogP contribution >= 0.6 is 0 Å². The average Bonchev–Trinajstić information content (AvgIpc) is 2.98. The van der Waals surface area contributed by atoms with Crippen molar-refractivity contribution in [3.63, 3.8) is 0 Å². The van der Waals surface area contributed by atoms with E-state index in [-0.39, 0.29) is 22.7 Å². The maximum Gasteiger partial charge on any atom is 0.497 e. The molecule has 1 aromatic heterocycles. The second kappa shape index (κ2) is 8.61. The molecule has 7 nitrogen and oxygen atoms in total. The Hall–Kier alpha value is -2.65. The van der Waals surface area contributed by atoms with Crippen LogP contribution < -0.4 is 16.1 Å². The average molecular weight is 455 g/mol. The van der Waals surface area contributed by atoms with Gasteiger partial charge in [-0.1, -0.05) is 6.07 Å². The van der Waals surface area contributed by atoms with Gasteiger partial charge >= 0.3 is 13.1 Å². The minimum Gasteiger partial charge on any atom is -0.459 e. The normalized spacial score (nSPS) is 20.2. The molecule has 2 aromatic rings. The fourth-order valence-corrected chi connectivity index (χ4v) is 4.11. The van der Waals surface area contributed by atoms with Crippen molar-refractivity contribution < 1.29 is 23.2 Å². The van der Waals surface area contributed by atoms with Gasteiger partial charge in [0, 0.05) is 31.4 Å². The van der Waals surface area contributed by atoms with Gasteiger partial charge in [-0.15, -0.1) is 0 Å². The maximum atomic E-state index is 15.2. The smallest absolute Gasteiger partial charge is 0.459 e. The minimum absolute atomic E-state index is 0.220. The molecule has 2 aliphatic rings. The number of ether oxygens (including phenoxy) is 1. The summed E-state index contributed by atoms with van der Waals surface area (Å²) < 4.78 is 32.9. The number of benzene rings is 1.